The molecule has 0 unspecified atom stereocenters. The van der Waals surface area contributed by atoms with Gasteiger partial charge in [-0.05, 0) is 62.7 Å². The van der Waals surface area contributed by atoms with Crippen LogP contribution in [0.1, 0.15) is 75.5 Å². The van der Waals surface area contributed by atoms with Gasteiger partial charge in [-0.1, -0.05) is 51.7 Å². The molecule has 251 valence electrons. The summed E-state index contributed by atoms with van der Waals surface area (Å²) in [5.74, 6) is 3.21. The van der Waals surface area contributed by atoms with E-state index in [1.165, 1.54) is 38.5 Å². The largest absolute Gasteiger partial charge is 0.379 e. The minimum atomic E-state index is -3.26. The summed E-state index contributed by atoms with van der Waals surface area (Å²) in [4.78, 5) is 58.8. The zero-order valence-electron chi connectivity index (χ0n) is 28.0. The number of alkyl halides is 2. The number of hydrogen-bond acceptors (Lipinski definition) is 7. The first-order valence-corrected chi connectivity index (χ1v) is 15.4. The molecule has 47 heavy (non-hydrogen) atoms. The minimum Gasteiger partial charge on any atom is -0.379 e. The summed E-state index contributed by atoms with van der Waals surface area (Å²) >= 11 is 0. The maximum absolute atomic E-state index is 14.6. The molecule has 1 radical (unpaired) electrons. The van der Waals surface area contributed by atoms with Crippen LogP contribution in [0.4, 0.5) is 8.78 Å². The maximum Gasteiger partial charge on any atom is 0.337 e. The molecular formula is C35H43BF2N3O6. The number of rotatable bonds is 9. The molecule has 1 heterocycles. The first kappa shape index (κ1) is 37.4. The van der Waals surface area contributed by atoms with Crippen molar-refractivity contribution in [3.05, 3.63) is 70.8 Å². The van der Waals surface area contributed by atoms with Gasteiger partial charge in [-0.3, -0.25) is 14.5 Å². The summed E-state index contributed by atoms with van der Waals surface area (Å²) < 4.78 is 34.7. The van der Waals surface area contributed by atoms with E-state index in [1.807, 2.05) is 29.7 Å². The minimum absolute atomic E-state index is 0.0614. The number of ether oxygens (including phenoxy) is 1. The summed E-state index contributed by atoms with van der Waals surface area (Å²) in [6.45, 7) is 14.4. The molecule has 2 aromatic carbocycles. The van der Waals surface area contributed by atoms with Crippen LogP contribution in [0.25, 0.3) is 0 Å². The van der Waals surface area contributed by atoms with E-state index in [1.54, 1.807) is 32.9 Å². The van der Waals surface area contributed by atoms with Gasteiger partial charge in [-0.2, -0.15) is 5.48 Å². The van der Waals surface area contributed by atoms with Crippen molar-refractivity contribution in [3.63, 3.8) is 0 Å². The zero-order chi connectivity index (χ0) is 35.0. The first-order chi connectivity index (χ1) is 21.9. The third-order valence-electron chi connectivity index (χ3n) is 7.63. The molecule has 9 nitrogen and oxygen atoms in total. The molecule has 0 spiro atoms. The summed E-state index contributed by atoms with van der Waals surface area (Å²) in [6.07, 6.45) is -3.26. The molecule has 2 N–H and O–H groups in total. The number of halogens is 2. The molecule has 2 atom stereocenters. The topological polar surface area (TPSA) is 114 Å². The van der Waals surface area contributed by atoms with Crippen LogP contribution in [-0.2, 0) is 30.5 Å². The van der Waals surface area contributed by atoms with E-state index < -0.39 is 52.1 Å². The van der Waals surface area contributed by atoms with Crippen molar-refractivity contribution >= 4 is 30.7 Å². The van der Waals surface area contributed by atoms with Crippen LogP contribution in [0.3, 0.4) is 0 Å². The van der Waals surface area contributed by atoms with Gasteiger partial charge in [0.2, 0.25) is 13.7 Å². The van der Waals surface area contributed by atoms with E-state index >= 15 is 0 Å². The van der Waals surface area contributed by atoms with Crippen molar-refractivity contribution in [3.8, 4) is 11.8 Å². The molecule has 0 aliphatic carbocycles. The molecule has 1 aliphatic heterocycles. The van der Waals surface area contributed by atoms with Gasteiger partial charge in [-0.25, -0.2) is 13.6 Å². The second-order valence-electron chi connectivity index (χ2n) is 13.9. The maximum atomic E-state index is 14.6. The smallest absolute Gasteiger partial charge is 0.337 e. The number of hydroxylamine groups is 1. The number of benzene rings is 2. The Morgan fingerprint density at radius 1 is 0.872 bits per heavy atom. The van der Waals surface area contributed by atoms with Gasteiger partial charge in [0.15, 0.2) is 0 Å². The van der Waals surface area contributed by atoms with Crippen LogP contribution in [0.2, 0.25) is 5.31 Å². The highest BCUT2D eigenvalue weighted by molar-refractivity contribution is 6.77. The predicted octanol–water partition coefficient (Wildman–Crippen LogP) is 4.36. The van der Waals surface area contributed by atoms with Gasteiger partial charge < -0.3 is 19.7 Å². The molecular weight excluding hydrogens is 607 g/mol. The Labute approximate surface area is 276 Å². The van der Waals surface area contributed by atoms with Gasteiger partial charge >= 0.3 is 5.97 Å². The lowest BCUT2D eigenvalue weighted by Crippen LogP contribution is -2.58. The van der Waals surface area contributed by atoms with Gasteiger partial charge in [0.05, 0.1) is 24.3 Å². The Bertz CT molecular complexity index is 1480. The van der Waals surface area contributed by atoms with E-state index in [4.69, 9.17) is 9.57 Å². The third-order valence-corrected chi connectivity index (χ3v) is 7.63. The fraction of sp³-hybridized carbons (Fsp3) is 0.486. The van der Waals surface area contributed by atoms with Crippen LogP contribution >= 0.6 is 0 Å². The van der Waals surface area contributed by atoms with Crippen LogP contribution < -0.4 is 10.8 Å². The zero-order valence-corrected chi connectivity index (χ0v) is 28.0. The van der Waals surface area contributed by atoms with Gasteiger partial charge in [0.25, 0.3) is 11.8 Å². The van der Waals surface area contributed by atoms with Gasteiger partial charge in [0, 0.05) is 47.1 Å². The molecule has 2 aromatic rings. The molecule has 1 aliphatic rings. The van der Waals surface area contributed by atoms with Crippen LogP contribution in [0.15, 0.2) is 48.5 Å². The number of morpholine rings is 1. The Kier molecular flexibility index (Phi) is 12.5. The Morgan fingerprint density at radius 3 is 1.89 bits per heavy atom. The van der Waals surface area contributed by atoms with Crippen molar-refractivity contribution in [2.24, 2.45) is 10.8 Å². The summed E-state index contributed by atoms with van der Waals surface area (Å²) in [7, 11) is 0.752. The Morgan fingerprint density at radius 2 is 1.40 bits per heavy atom. The first-order valence-electron chi connectivity index (χ1n) is 15.4. The molecule has 3 rings (SSSR count). The molecule has 12 heteroatoms. The lowest BCUT2D eigenvalue weighted by atomic mass is 9.44. The number of carbonyl (C=O) groups excluding carboxylic acids is 4. The monoisotopic (exact) mass is 650 g/mol. The van der Waals surface area contributed by atoms with Crippen molar-refractivity contribution in [2.45, 2.75) is 72.8 Å². The lowest BCUT2D eigenvalue weighted by molar-refractivity contribution is -0.167. The number of nitrogens with zero attached hydrogens (tertiary/aromatic N) is 1. The van der Waals surface area contributed by atoms with Crippen molar-refractivity contribution in [1.82, 2.24) is 15.7 Å². The SMILES string of the molecule is CC(C)(C)C(=O)[B][C@](C)(C(F)F)[C@H](NC(=O)c1ccc(C#Cc2ccc(CN3CCOCC3)cc2)cc1)C(=O)NOC(=O)C(C)(C)C. The van der Waals surface area contributed by atoms with Crippen molar-refractivity contribution in [1.29, 1.82) is 0 Å². The standard InChI is InChI=1S/C35H43BF2N3O6/c1-33(2,3)30(44)36-35(7,31(37)38)27(29(43)40-47-32(45)34(4,5)6)39-28(42)26-16-14-24(15-17-26)9-8-23-10-12-25(13-11-23)22-41-18-20-46-21-19-41/h10-17,27,31H,18-22H2,1-7H3,(H,39,42)(H,40,43)/t27-,35+/m1/s1. The van der Waals surface area contributed by atoms with Crippen molar-refractivity contribution < 1.29 is 37.5 Å². The summed E-state index contributed by atoms with van der Waals surface area (Å²) in [5, 5.41) is -0.123. The Hall–Kier alpha value is -4.08. The quantitative estimate of drug-likeness (QED) is 0.236. The molecule has 0 aromatic heterocycles. The Balaban J connectivity index is 1.77. The average molecular weight is 651 g/mol. The van der Waals surface area contributed by atoms with E-state index in [2.05, 4.69) is 22.1 Å². The van der Waals surface area contributed by atoms with E-state index in [9.17, 15) is 28.0 Å². The molecule has 0 saturated carbocycles. The van der Waals surface area contributed by atoms with E-state index in [-0.39, 0.29) is 5.56 Å². The lowest BCUT2D eigenvalue weighted by Gasteiger charge is -2.36. The van der Waals surface area contributed by atoms with Gasteiger partial charge in [0.1, 0.15) is 6.04 Å². The van der Waals surface area contributed by atoms with E-state index in [0.29, 0.717) is 5.56 Å². The molecule has 1 fully saturated rings. The third kappa shape index (κ3) is 10.7. The summed E-state index contributed by atoms with van der Waals surface area (Å²) in [5.41, 5.74) is 1.83. The highest BCUT2D eigenvalue weighted by atomic mass is 19.3. The van der Waals surface area contributed by atoms with Crippen LogP contribution in [-0.4, -0.2) is 74.4 Å². The number of amides is 2. The second-order valence-corrected chi connectivity index (χ2v) is 13.9. The normalized spacial score (nSPS) is 15.8. The number of nitrogens with one attached hydrogen (secondary N) is 2. The van der Waals surface area contributed by atoms with Crippen molar-refractivity contribution in [2.75, 3.05) is 26.3 Å². The second kappa shape index (κ2) is 15.7. The highest BCUT2D eigenvalue weighted by Crippen LogP contribution is 2.39. The average Bonchev–Trinajstić information content (AvgIpc) is 3.01. The summed E-state index contributed by atoms with van der Waals surface area (Å²) in [6, 6.07) is 12.0. The predicted molar refractivity (Wildman–Crippen MR) is 174 cm³/mol. The number of carbonyl (C=O) groups is 4. The molecule has 0 bridgehead atoms. The van der Waals surface area contributed by atoms with Gasteiger partial charge in [-0.15, -0.1) is 0 Å². The molecule has 1 saturated heterocycles. The fourth-order valence-electron chi connectivity index (χ4n) is 4.36. The molecule has 2 amide bonds. The number of hydrogen-bond donors (Lipinski definition) is 2. The van der Waals surface area contributed by atoms with Crippen LogP contribution in [0, 0.1) is 22.7 Å². The van der Waals surface area contributed by atoms with E-state index in [0.717, 1.165) is 52.6 Å². The fourth-order valence-corrected chi connectivity index (χ4v) is 4.36. The highest BCUT2D eigenvalue weighted by Gasteiger charge is 2.51. The van der Waals surface area contributed by atoms with Crippen LogP contribution in [0.5, 0.6) is 0 Å².